The highest BCUT2D eigenvalue weighted by atomic mass is 19.1. The Kier molecular flexibility index (Phi) is 6.05. The Morgan fingerprint density at radius 1 is 1.05 bits per heavy atom. The van der Waals surface area contributed by atoms with Gasteiger partial charge in [-0.15, -0.1) is 0 Å². The molecule has 1 fully saturated rings. The number of benzene rings is 2. The van der Waals surface area contributed by atoms with Gasteiger partial charge in [-0.3, -0.25) is 9.59 Å². The second kappa shape index (κ2) is 9.48. The first-order valence-corrected chi connectivity index (χ1v) is 12.8. The van der Waals surface area contributed by atoms with E-state index in [1.165, 1.54) is 35.8 Å². The van der Waals surface area contributed by atoms with Crippen LogP contribution in [0.5, 0.6) is 0 Å². The SMILES string of the molecule is CNC(=O)c1c(-c2ccc(F)cc2)nn2ccc(-c3cc(C(=O)CC4(c5nc(C)no5)CC4)ccc3C)c(F)c12. The van der Waals surface area contributed by atoms with E-state index in [1.54, 1.807) is 37.4 Å². The maximum atomic E-state index is 16.3. The lowest BCUT2D eigenvalue weighted by atomic mass is 9.91. The topological polar surface area (TPSA) is 102 Å². The molecule has 3 heterocycles. The maximum Gasteiger partial charge on any atom is 0.255 e. The van der Waals surface area contributed by atoms with Crippen LogP contribution in [0.3, 0.4) is 0 Å². The molecule has 0 bridgehead atoms. The summed E-state index contributed by atoms with van der Waals surface area (Å²) in [7, 11) is 1.45. The smallest absolute Gasteiger partial charge is 0.255 e. The van der Waals surface area contributed by atoms with E-state index in [-0.39, 0.29) is 34.5 Å². The summed E-state index contributed by atoms with van der Waals surface area (Å²) in [5, 5.41) is 10.9. The van der Waals surface area contributed by atoms with E-state index in [0.29, 0.717) is 28.4 Å². The number of aryl methyl sites for hydroxylation is 2. The van der Waals surface area contributed by atoms with Gasteiger partial charge in [0.05, 0.1) is 11.0 Å². The van der Waals surface area contributed by atoms with E-state index in [1.807, 2.05) is 6.92 Å². The zero-order chi connectivity index (χ0) is 28.2. The van der Waals surface area contributed by atoms with Gasteiger partial charge in [-0.1, -0.05) is 17.3 Å². The first kappa shape index (κ1) is 25.5. The number of Topliss-reactive ketones (excluding diaryl/α,β-unsaturated/α-hetero) is 1. The number of ketones is 1. The summed E-state index contributed by atoms with van der Waals surface area (Å²) in [6.45, 7) is 3.57. The van der Waals surface area contributed by atoms with Gasteiger partial charge in [0.1, 0.15) is 17.0 Å². The van der Waals surface area contributed by atoms with Crippen molar-refractivity contribution in [2.24, 2.45) is 0 Å². The van der Waals surface area contributed by atoms with Gasteiger partial charge in [-0.2, -0.15) is 10.1 Å². The molecule has 1 aliphatic rings. The lowest BCUT2D eigenvalue weighted by Gasteiger charge is -2.13. The van der Waals surface area contributed by atoms with E-state index >= 15 is 4.39 Å². The maximum absolute atomic E-state index is 16.3. The molecule has 1 N–H and O–H groups in total. The number of rotatable bonds is 7. The molecule has 0 aliphatic heterocycles. The molecule has 10 heteroatoms. The van der Waals surface area contributed by atoms with E-state index in [0.717, 1.165) is 18.4 Å². The van der Waals surface area contributed by atoms with Crippen LogP contribution in [0.25, 0.3) is 27.9 Å². The molecule has 6 rings (SSSR count). The minimum Gasteiger partial charge on any atom is -0.355 e. The van der Waals surface area contributed by atoms with E-state index in [9.17, 15) is 14.0 Å². The molecular formula is C30H25F2N5O3. The van der Waals surface area contributed by atoms with Gasteiger partial charge in [0.25, 0.3) is 5.91 Å². The summed E-state index contributed by atoms with van der Waals surface area (Å²) >= 11 is 0. The van der Waals surface area contributed by atoms with Crippen molar-refractivity contribution in [1.82, 2.24) is 25.1 Å². The predicted octanol–water partition coefficient (Wildman–Crippen LogP) is 5.61. The number of pyridine rings is 1. The van der Waals surface area contributed by atoms with Crippen LogP contribution >= 0.6 is 0 Å². The van der Waals surface area contributed by atoms with Crippen LogP contribution in [0, 0.1) is 25.5 Å². The average molecular weight is 542 g/mol. The van der Waals surface area contributed by atoms with Crippen LogP contribution in [-0.2, 0) is 5.41 Å². The van der Waals surface area contributed by atoms with Crippen molar-refractivity contribution >= 4 is 17.2 Å². The summed E-state index contributed by atoms with van der Waals surface area (Å²) in [6, 6.07) is 12.2. The highest BCUT2D eigenvalue weighted by Gasteiger charge is 2.50. The largest absolute Gasteiger partial charge is 0.355 e. The summed E-state index contributed by atoms with van der Waals surface area (Å²) in [6.07, 6.45) is 3.34. The van der Waals surface area contributed by atoms with Gasteiger partial charge in [-0.25, -0.2) is 13.3 Å². The first-order valence-electron chi connectivity index (χ1n) is 12.8. The van der Waals surface area contributed by atoms with E-state index in [4.69, 9.17) is 4.52 Å². The van der Waals surface area contributed by atoms with E-state index < -0.39 is 23.0 Å². The van der Waals surface area contributed by atoms with Crippen LogP contribution < -0.4 is 5.32 Å². The van der Waals surface area contributed by atoms with Gasteiger partial charge in [0, 0.05) is 36.4 Å². The van der Waals surface area contributed by atoms with Crippen LogP contribution in [-0.4, -0.2) is 38.5 Å². The molecule has 1 aliphatic carbocycles. The number of carbonyl (C=O) groups excluding carboxylic acids is 2. The number of aromatic nitrogens is 4. The monoisotopic (exact) mass is 541 g/mol. The Labute approximate surface area is 228 Å². The Morgan fingerprint density at radius 3 is 2.45 bits per heavy atom. The zero-order valence-electron chi connectivity index (χ0n) is 22.1. The number of hydrogen-bond donors (Lipinski definition) is 1. The molecule has 0 unspecified atom stereocenters. The average Bonchev–Trinajstić information content (AvgIpc) is 3.40. The second-order valence-corrected chi connectivity index (χ2v) is 10.2. The molecule has 3 aromatic heterocycles. The summed E-state index contributed by atoms with van der Waals surface area (Å²) < 4.78 is 36.5. The number of nitrogens with one attached hydrogen (secondary N) is 1. The minimum absolute atomic E-state index is 0.0176. The molecule has 0 saturated heterocycles. The van der Waals surface area contributed by atoms with Gasteiger partial charge >= 0.3 is 0 Å². The fourth-order valence-electron chi connectivity index (χ4n) is 5.08. The molecule has 8 nitrogen and oxygen atoms in total. The molecule has 0 atom stereocenters. The van der Waals surface area contributed by atoms with Crippen molar-refractivity contribution in [3.05, 3.63) is 94.8 Å². The third-order valence-electron chi connectivity index (χ3n) is 7.49. The van der Waals surface area contributed by atoms with Crippen LogP contribution in [0.4, 0.5) is 8.78 Å². The molecule has 1 amide bonds. The lowest BCUT2D eigenvalue weighted by molar-refractivity contribution is 0.0956. The standard InChI is InChI=1S/C30H25F2N5O3/c1-16-4-5-19(23(38)15-30(11-12-30)29-34-17(2)36-40-29)14-22(16)21-10-13-37-27(25(21)32)24(28(39)33-3)26(35-37)18-6-8-20(31)9-7-18/h4-10,13-14H,11-12,15H2,1-3H3,(H,33,39). The molecule has 40 heavy (non-hydrogen) atoms. The van der Waals surface area contributed by atoms with Crippen LogP contribution in [0.2, 0.25) is 0 Å². The van der Waals surface area contributed by atoms with Gasteiger partial charge in [0.15, 0.2) is 17.4 Å². The molecule has 5 aromatic rings. The Morgan fingerprint density at radius 2 is 1.80 bits per heavy atom. The molecular weight excluding hydrogens is 516 g/mol. The molecule has 0 radical (unpaired) electrons. The van der Waals surface area contributed by atoms with Crippen molar-refractivity contribution in [2.75, 3.05) is 7.05 Å². The number of halogens is 2. The van der Waals surface area contributed by atoms with Crippen molar-refractivity contribution in [3.63, 3.8) is 0 Å². The third kappa shape index (κ3) is 4.25. The van der Waals surface area contributed by atoms with Crippen LogP contribution in [0.15, 0.2) is 59.3 Å². The zero-order valence-corrected chi connectivity index (χ0v) is 22.1. The molecule has 2 aromatic carbocycles. The number of carbonyl (C=O) groups is 2. The number of nitrogens with zero attached hydrogens (tertiary/aromatic N) is 4. The Hall–Kier alpha value is -4.73. The van der Waals surface area contributed by atoms with Crippen LogP contribution in [0.1, 0.15) is 57.3 Å². The van der Waals surface area contributed by atoms with Gasteiger partial charge < -0.3 is 9.84 Å². The van der Waals surface area contributed by atoms with Crippen molar-refractivity contribution in [1.29, 1.82) is 0 Å². The Balaban J connectivity index is 1.42. The lowest BCUT2D eigenvalue weighted by Crippen LogP contribution is -2.18. The fourth-order valence-corrected chi connectivity index (χ4v) is 5.08. The van der Waals surface area contributed by atoms with Crippen molar-refractivity contribution < 1.29 is 22.9 Å². The quantitative estimate of drug-likeness (QED) is 0.269. The summed E-state index contributed by atoms with van der Waals surface area (Å²) in [5.41, 5.74) is 2.20. The predicted molar refractivity (Wildman–Crippen MR) is 143 cm³/mol. The normalized spacial score (nSPS) is 13.9. The Bertz CT molecular complexity index is 1800. The van der Waals surface area contributed by atoms with Gasteiger partial charge in [0.2, 0.25) is 5.89 Å². The summed E-state index contributed by atoms with van der Waals surface area (Å²) in [5.74, 6) is -0.735. The molecule has 202 valence electrons. The van der Waals surface area contributed by atoms with E-state index in [2.05, 4.69) is 20.6 Å². The number of amides is 1. The number of hydrogen-bond acceptors (Lipinski definition) is 6. The van der Waals surface area contributed by atoms with Crippen molar-refractivity contribution in [2.45, 2.75) is 38.5 Å². The minimum atomic E-state index is -0.658. The van der Waals surface area contributed by atoms with Gasteiger partial charge in [-0.05, 0) is 74.2 Å². The van der Waals surface area contributed by atoms with Crippen molar-refractivity contribution in [3.8, 4) is 22.4 Å². The third-order valence-corrected chi connectivity index (χ3v) is 7.49. The highest BCUT2D eigenvalue weighted by molar-refractivity contribution is 6.07. The number of fused-ring (bicyclic) bond motifs is 1. The highest BCUT2D eigenvalue weighted by Crippen LogP contribution is 2.51. The molecule has 1 saturated carbocycles. The summed E-state index contributed by atoms with van der Waals surface area (Å²) in [4.78, 5) is 30.6. The second-order valence-electron chi connectivity index (χ2n) is 10.2. The first-order chi connectivity index (χ1) is 19.2. The molecule has 0 spiro atoms. The fraction of sp³-hybridized carbons (Fsp3) is 0.233.